The van der Waals surface area contributed by atoms with Gasteiger partial charge in [-0.15, -0.1) is 0 Å². The molecule has 7 nitrogen and oxygen atoms in total. The molecule has 0 spiro atoms. The maximum absolute atomic E-state index is 12.3. The van der Waals surface area contributed by atoms with Gasteiger partial charge in [-0.2, -0.15) is 0 Å². The van der Waals surface area contributed by atoms with Crippen molar-refractivity contribution in [3.05, 3.63) is 53.6 Å². The quantitative estimate of drug-likeness (QED) is 0.668. The zero-order chi connectivity index (χ0) is 18.0. The van der Waals surface area contributed by atoms with Crippen LogP contribution in [0.1, 0.15) is 27.6 Å². The molecule has 8 heteroatoms. The second-order valence-corrected chi connectivity index (χ2v) is 6.31. The van der Waals surface area contributed by atoms with E-state index < -0.39 is 5.91 Å². The Balaban J connectivity index is 1.78. The summed E-state index contributed by atoms with van der Waals surface area (Å²) in [7, 11) is 0. The Bertz CT molecular complexity index is 979. The third-order valence-electron chi connectivity index (χ3n) is 3.36. The summed E-state index contributed by atoms with van der Waals surface area (Å²) in [6.45, 7) is 1.42. The van der Waals surface area contributed by atoms with Gasteiger partial charge in [0.15, 0.2) is 5.13 Å². The monoisotopic (exact) mass is 354 g/mol. The summed E-state index contributed by atoms with van der Waals surface area (Å²) >= 11 is 1.32. The summed E-state index contributed by atoms with van der Waals surface area (Å²) < 4.78 is 0.839. The van der Waals surface area contributed by atoms with Gasteiger partial charge in [0, 0.05) is 23.7 Å². The summed E-state index contributed by atoms with van der Waals surface area (Å²) in [5, 5.41) is 5.93. The van der Waals surface area contributed by atoms with Crippen molar-refractivity contribution in [2.24, 2.45) is 5.73 Å². The predicted octanol–water partition coefficient (Wildman–Crippen LogP) is 2.61. The fourth-order valence-corrected chi connectivity index (χ4v) is 3.15. The Hall–Kier alpha value is -3.26. The highest BCUT2D eigenvalue weighted by Gasteiger charge is 2.10. The van der Waals surface area contributed by atoms with Crippen LogP contribution in [-0.4, -0.2) is 22.7 Å². The number of nitrogens with one attached hydrogen (secondary N) is 2. The molecule has 25 heavy (non-hydrogen) atoms. The van der Waals surface area contributed by atoms with Crippen molar-refractivity contribution < 1.29 is 14.4 Å². The number of thiazole rings is 1. The Morgan fingerprint density at radius 1 is 1.00 bits per heavy atom. The van der Waals surface area contributed by atoms with E-state index in [1.807, 2.05) is 0 Å². The summed E-state index contributed by atoms with van der Waals surface area (Å²) in [4.78, 5) is 38.7. The highest BCUT2D eigenvalue weighted by molar-refractivity contribution is 7.22. The van der Waals surface area contributed by atoms with Gasteiger partial charge in [-0.1, -0.05) is 11.3 Å². The van der Waals surface area contributed by atoms with Gasteiger partial charge < -0.3 is 16.4 Å². The zero-order valence-electron chi connectivity index (χ0n) is 13.2. The third-order valence-corrected chi connectivity index (χ3v) is 4.29. The van der Waals surface area contributed by atoms with E-state index in [0.717, 1.165) is 10.2 Å². The molecule has 3 amide bonds. The van der Waals surface area contributed by atoms with E-state index >= 15 is 0 Å². The second kappa shape index (κ2) is 6.70. The summed E-state index contributed by atoms with van der Waals surface area (Å²) in [5.41, 5.74) is 7.27. The van der Waals surface area contributed by atoms with Crippen LogP contribution in [0.4, 0.5) is 10.8 Å². The SMILES string of the molecule is CC(=O)Nc1nc2ccc(NC(=O)c3ccc(C(N)=O)cc3)cc2s1. The summed E-state index contributed by atoms with van der Waals surface area (Å²) in [6, 6.07) is 11.4. The number of amides is 3. The van der Waals surface area contributed by atoms with Gasteiger partial charge in [-0.05, 0) is 42.5 Å². The molecular formula is C17H14N4O3S. The van der Waals surface area contributed by atoms with E-state index in [9.17, 15) is 14.4 Å². The van der Waals surface area contributed by atoms with Gasteiger partial charge in [0.2, 0.25) is 11.8 Å². The third kappa shape index (κ3) is 3.81. The minimum atomic E-state index is -0.544. The number of rotatable bonds is 4. The van der Waals surface area contributed by atoms with Crippen LogP contribution in [0.5, 0.6) is 0 Å². The minimum absolute atomic E-state index is 0.188. The molecule has 2 aromatic carbocycles. The molecule has 126 valence electrons. The number of benzene rings is 2. The van der Waals surface area contributed by atoms with Crippen LogP contribution in [0.3, 0.4) is 0 Å². The van der Waals surface area contributed by atoms with E-state index in [1.54, 1.807) is 18.2 Å². The maximum atomic E-state index is 12.3. The Kier molecular flexibility index (Phi) is 4.44. The number of aromatic nitrogens is 1. The van der Waals surface area contributed by atoms with E-state index in [-0.39, 0.29) is 11.8 Å². The van der Waals surface area contributed by atoms with Gasteiger partial charge >= 0.3 is 0 Å². The zero-order valence-corrected chi connectivity index (χ0v) is 14.0. The van der Waals surface area contributed by atoms with Crippen molar-refractivity contribution in [2.45, 2.75) is 6.92 Å². The number of carbonyl (C=O) groups excluding carboxylic acids is 3. The standard InChI is InChI=1S/C17H14N4O3S/c1-9(22)19-17-21-13-7-6-12(8-14(13)25-17)20-16(24)11-4-2-10(3-5-11)15(18)23/h2-8H,1H3,(H2,18,23)(H,20,24)(H,19,21,22). The number of fused-ring (bicyclic) bond motifs is 1. The van der Waals surface area contributed by atoms with Crippen molar-refractivity contribution in [3.63, 3.8) is 0 Å². The van der Waals surface area contributed by atoms with Gasteiger partial charge in [0.1, 0.15) is 0 Å². The smallest absolute Gasteiger partial charge is 0.255 e. The molecular weight excluding hydrogens is 340 g/mol. The lowest BCUT2D eigenvalue weighted by Crippen LogP contribution is -2.14. The van der Waals surface area contributed by atoms with Crippen LogP contribution < -0.4 is 16.4 Å². The molecule has 4 N–H and O–H groups in total. The van der Waals surface area contributed by atoms with Gasteiger partial charge in [0.25, 0.3) is 5.91 Å². The molecule has 0 fully saturated rings. The van der Waals surface area contributed by atoms with Crippen molar-refractivity contribution in [2.75, 3.05) is 10.6 Å². The Labute approximate surface area is 146 Å². The molecule has 0 atom stereocenters. The second-order valence-electron chi connectivity index (χ2n) is 5.28. The van der Waals surface area contributed by atoms with E-state index in [4.69, 9.17) is 5.73 Å². The number of nitrogens with two attached hydrogens (primary N) is 1. The topological polar surface area (TPSA) is 114 Å². The molecule has 0 saturated carbocycles. The largest absolute Gasteiger partial charge is 0.366 e. The lowest BCUT2D eigenvalue weighted by molar-refractivity contribution is -0.114. The predicted molar refractivity (Wildman–Crippen MR) is 96.8 cm³/mol. The average molecular weight is 354 g/mol. The van der Waals surface area contributed by atoms with Crippen molar-refractivity contribution in [3.8, 4) is 0 Å². The van der Waals surface area contributed by atoms with E-state index in [2.05, 4.69) is 15.6 Å². The molecule has 0 aliphatic rings. The van der Waals surface area contributed by atoms with Crippen LogP contribution in [0.25, 0.3) is 10.2 Å². The van der Waals surface area contributed by atoms with Crippen LogP contribution in [0.15, 0.2) is 42.5 Å². The first kappa shape index (κ1) is 16.6. The van der Waals surface area contributed by atoms with Gasteiger partial charge in [0.05, 0.1) is 10.2 Å². The normalized spacial score (nSPS) is 10.4. The minimum Gasteiger partial charge on any atom is -0.366 e. The van der Waals surface area contributed by atoms with Crippen LogP contribution in [0.2, 0.25) is 0 Å². The molecule has 0 bridgehead atoms. The molecule has 1 heterocycles. The Morgan fingerprint density at radius 2 is 1.68 bits per heavy atom. The number of nitrogens with zero attached hydrogens (tertiary/aromatic N) is 1. The first-order valence-corrected chi connectivity index (χ1v) is 8.13. The van der Waals surface area contributed by atoms with Crippen molar-refractivity contribution >= 4 is 50.1 Å². The maximum Gasteiger partial charge on any atom is 0.255 e. The molecule has 3 rings (SSSR count). The summed E-state index contributed by atoms with van der Waals surface area (Å²) in [5.74, 6) is -1.04. The first-order chi connectivity index (χ1) is 11.9. The number of carbonyl (C=O) groups is 3. The summed E-state index contributed by atoms with van der Waals surface area (Å²) in [6.07, 6.45) is 0. The number of primary amides is 1. The van der Waals surface area contributed by atoms with Gasteiger partial charge in [-0.25, -0.2) is 4.98 Å². The van der Waals surface area contributed by atoms with E-state index in [0.29, 0.717) is 21.9 Å². The first-order valence-electron chi connectivity index (χ1n) is 7.32. The fraction of sp³-hybridized carbons (Fsp3) is 0.0588. The fourth-order valence-electron chi connectivity index (χ4n) is 2.20. The van der Waals surface area contributed by atoms with Gasteiger partial charge in [-0.3, -0.25) is 14.4 Å². The molecule has 0 aliphatic carbocycles. The lowest BCUT2D eigenvalue weighted by Gasteiger charge is -2.05. The van der Waals surface area contributed by atoms with E-state index in [1.165, 1.54) is 42.5 Å². The van der Waals surface area contributed by atoms with Crippen LogP contribution >= 0.6 is 11.3 Å². The molecule has 3 aromatic rings. The molecule has 0 radical (unpaired) electrons. The van der Waals surface area contributed by atoms with Crippen molar-refractivity contribution in [1.82, 2.24) is 4.98 Å². The number of hydrogen-bond donors (Lipinski definition) is 3. The van der Waals surface area contributed by atoms with Crippen LogP contribution in [0, 0.1) is 0 Å². The average Bonchev–Trinajstić information content (AvgIpc) is 2.95. The number of anilines is 2. The molecule has 0 unspecified atom stereocenters. The molecule has 1 aromatic heterocycles. The molecule has 0 saturated heterocycles. The highest BCUT2D eigenvalue weighted by atomic mass is 32.1. The highest BCUT2D eigenvalue weighted by Crippen LogP contribution is 2.28. The van der Waals surface area contributed by atoms with Crippen LogP contribution in [-0.2, 0) is 4.79 Å². The number of hydrogen-bond acceptors (Lipinski definition) is 5. The lowest BCUT2D eigenvalue weighted by atomic mass is 10.1. The van der Waals surface area contributed by atoms with Crippen molar-refractivity contribution in [1.29, 1.82) is 0 Å². The molecule has 0 aliphatic heterocycles. The Morgan fingerprint density at radius 3 is 2.32 bits per heavy atom.